The second-order valence-corrected chi connectivity index (χ2v) is 5.46. The molecular formula is C16H6N2O11. The molecule has 0 aliphatic heterocycles. The van der Waals surface area contributed by atoms with Gasteiger partial charge in [-0.2, -0.15) is 0 Å². The third kappa shape index (κ3) is 3.23. The van der Waals surface area contributed by atoms with Crippen LogP contribution in [0.4, 0.5) is 11.4 Å². The monoisotopic (exact) mass is 402 g/mol. The van der Waals surface area contributed by atoms with Crippen molar-refractivity contribution in [3.05, 3.63) is 92.2 Å². The molecule has 0 aliphatic rings. The van der Waals surface area contributed by atoms with E-state index < -0.39 is 71.0 Å². The number of phenols is 1. The zero-order valence-corrected chi connectivity index (χ0v) is 13.8. The number of hydrogen-bond acceptors (Lipinski definition) is 11. The van der Waals surface area contributed by atoms with E-state index in [0.717, 1.165) is 18.2 Å². The second-order valence-electron chi connectivity index (χ2n) is 5.46. The Bertz CT molecular complexity index is 1410. The van der Waals surface area contributed by atoms with Crippen LogP contribution in [0, 0.1) is 20.2 Å². The van der Waals surface area contributed by atoms with Crippen molar-refractivity contribution in [2.75, 3.05) is 0 Å². The van der Waals surface area contributed by atoms with Gasteiger partial charge in [-0.05, 0) is 12.1 Å². The Hall–Kier alpha value is -4.68. The summed E-state index contributed by atoms with van der Waals surface area (Å²) in [6.07, 6.45) is 0. The van der Waals surface area contributed by atoms with Crippen LogP contribution in [0.3, 0.4) is 0 Å². The summed E-state index contributed by atoms with van der Waals surface area (Å²) in [5, 5.41) is 28.9. The summed E-state index contributed by atoms with van der Waals surface area (Å²) in [5.74, 6) is -1.15. The van der Waals surface area contributed by atoms with Gasteiger partial charge in [-0.1, -0.05) is 6.07 Å². The molecule has 3 rings (SSSR count). The Morgan fingerprint density at radius 3 is 1.52 bits per heavy atom. The predicted octanol–water partition coefficient (Wildman–Crippen LogP) is 0.704. The van der Waals surface area contributed by atoms with E-state index in [9.17, 15) is 44.5 Å². The number of rotatable bonds is 2. The number of nitro benzene ring substituents is 2. The summed E-state index contributed by atoms with van der Waals surface area (Å²) in [6.45, 7) is 0. The maximum Gasteiger partial charge on any atom is 0.353 e. The Balaban J connectivity index is 2.82. The molecule has 0 aliphatic carbocycles. The van der Waals surface area contributed by atoms with Gasteiger partial charge >= 0.3 is 22.5 Å². The van der Waals surface area contributed by atoms with Gasteiger partial charge in [-0.15, -0.1) is 0 Å². The van der Waals surface area contributed by atoms with E-state index in [1.165, 1.54) is 0 Å². The number of nitro groups is 2. The summed E-state index contributed by atoms with van der Waals surface area (Å²) < 4.78 is 8.90. The minimum Gasteiger partial charge on any atom is -0.506 e. The third-order valence-corrected chi connectivity index (χ3v) is 3.77. The molecule has 3 aromatic rings. The lowest BCUT2D eigenvalue weighted by Gasteiger charge is -1.97. The molecule has 0 atom stereocenters. The molecule has 1 aromatic heterocycles. The van der Waals surface area contributed by atoms with Crippen molar-refractivity contribution in [2.24, 2.45) is 0 Å². The van der Waals surface area contributed by atoms with Gasteiger partial charge in [0.1, 0.15) is 27.3 Å². The molecule has 2 aromatic carbocycles. The number of phenolic OH excluding ortho intramolecular Hbond substituents is 1. The Morgan fingerprint density at radius 2 is 1.14 bits per heavy atom. The van der Waals surface area contributed by atoms with Crippen molar-refractivity contribution in [1.29, 1.82) is 0 Å². The van der Waals surface area contributed by atoms with E-state index >= 15 is 0 Å². The Morgan fingerprint density at radius 1 is 0.724 bits per heavy atom. The molecule has 1 heterocycles. The second kappa shape index (κ2) is 6.80. The lowest BCUT2D eigenvalue weighted by atomic mass is 10.1. The fourth-order valence-corrected chi connectivity index (χ4v) is 2.49. The first-order valence-corrected chi connectivity index (χ1v) is 7.43. The van der Waals surface area contributed by atoms with Crippen molar-refractivity contribution in [3.8, 4) is 5.75 Å². The first-order valence-electron chi connectivity index (χ1n) is 7.43. The molecule has 0 spiro atoms. The topological polar surface area (TPSA) is 201 Å². The molecule has 13 heteroatoms. The number of fused-ring (bicyclic) bond motifs is 4. The molecule has 0 fully saturated rings. The summed E-state index contributed by atoms with van der Waals surface area (Å²) in [5.41, 5.74) is -8.34. The van der Waals surface area contributed by atoms with E-state index in [1.54, 1.807) is 0 Å². The molecule has 29 heavy (non-hydrogen) atoms. The molecule has 0 unspecified atom stereocenters. The van der Waals surface area contributed by atoms with Crippen LogP contribution >= 0.6 is 0 Å². The van der Waals surface area contributed by atoms with Crippen LogP contribution in [-0.2, 0) is 0 Å². The molecule has 0 radical (unpaired) electrons. The largest absolute Gasteiger partial charge is 0.506 e. The normalized spacial score (nSPS) is 10.6. The standard InChI is InChI=1S/C16H6N2O11/c19-12-9-4-6(17(24)25)5-10(12)16(23)29-14(21)8-3-1-2-7(11(8)18(26)27)13(20)28-15(9)22/h1-5,19H. The van der Waals surface area contributed by atoms with E-state index in [2.05, 4.69) is 8.83 Å². The molecule has 0 saturated carbocycles. The maximum absolute atomic E-state index is 12.2. The van der Waals surface area contributed by atoms with Crippen molar-refractivity contribution >= 4 is 32.9 Å². The van der Waals surface area contributed by atoms with Gasteiger partial charge < -0.3 is 13.9 Å². The van der Waals surface area contributed by atoms with Crippen LogP contribution in [-0.4, -0.2) is 15.0 Å². The first-order chi connectivity index (χ1) is 13.6. The van der Waals surface area contributed by atoms with Crippen LogP contribution < -0.4 is 22.5 Å². The fourth-order valence-electron chi connectivity index (χ4n) is 2.49. The average molecular weight is 402 g/mol. The molecule has 0 saturated heterocycles. The van der Waals surface area contributed by atoms with Crippen molar-refractivity contribution in [2.45, 2.75) is 0 Å². The number of para-hydroxylation sites is 1. The van der Waals surface area contributed by atoms with E-state index in [-0.39, 0.29) is 0 Å². The third-order valence-electron chi connectivity index (χ3n) is 3.77. The molecule has 146 valence electrons. The fraction of sp³-hybridized carbons (Fsp3) is 0. The van der Waals surface area contributed by atoms with Gasteiger partial charge in [0.25, 0.3) is 11.4 Å². The van der Waals surface area contributed by atoms with Crippen LogP contribution in [0.25, 0.3) is 21.5 Å². The van der Waals surface area contributed by atoms with Crippen LogP contribution in [0.5, 0.6) is 5.75 Å². The number of aromatic hydroxyl groups is 1. The maximum atomic E-state index is 12.2. The van der Waals surface area contributed by atoms with Gasteiger partial charge in [-0.3, -0.25) is 20.2 Å². The van der Waals surface area contributed by atoms with E-state index in [1.807, 2.05) is 0 Å². The zero-order valence-electron chi connectivity index (χ0n) is 13.8. The molecular weight excluding hydrogens is 396 g/mol. The number of benzene rings is 2. The number of nitrogens with zero attached hydrogens (tertiary/aromatic N) is 2. The predicted molar refractivity (Wildman–Crippen MR) is 94.9 cm³/mol. The summed E-state index contributed by atoms with van der Waals surface area (Å²) in [6, 6.07) is 3.82. The van der Waals surface area contributed by atoms with Crippen LogP contribution in [0.15, 0.2) is 58.3 Å². The molecule has 13 nitrogen and oxygen atoms in total. The highest BCUT2D eigenvalue weighted by molar-refractivity contribution is 5.84. The lowest BCUT2D eigenvalue weighted by molar-refractivity contribution is -0.384. The average Bonchev–Trinajstić information content (AvgIpc) is 2.66. The van der Waals surface area contributed by atoms with Crippen LogP contribution in [0.1, 0.15) is 0 Å². The molecule has 0 amide bonds. The first kappa shape index (κ1) is 19.1. The van der Waals surface area contributed by atoms with Gasteiger partial charge in [-0.25, -0.2) is 19.2 Å². The lowest BCUT2D eigenvalue weighted by Crippen LogP contribution is -2.13. The summed E-state index contributed by atoms with van der Waals surface area (Å²) in [7, 11) is 0. The number of hydrogen-bond donors (Lipinski definition) is 1. The molecule has 4 bridgehead atoms. The van der Waals surface area contributed by atoms with Gasteiger partial charge in [0.2, 0.25) is 0 Å². The van der Waals surface area contributed by atoms with Crippen LogP contribution in [0.2, 0.25) is 0 Å². The van der Waals surface area contributed by atoms with Crippen molar-refractivity contribution < 1.29 is 23.8 Å². The molecule has 1 N–H and O–H groups in total. The number of non-ortho nitro benzene ring substituents is 2. The Labute approximate surface area is 155 Å². The van der Waals surface area contributed by atoms with Crippen molar-refractivity contribution in [3.63, 3.8) is 0 Å². The van der Waals surface area contributed by atoms with Gasteiger partial charge in [0.15, 0.2) is 0 Å². The quantitative estimate of drug-likeness (QED) is 0.467. The highest BCUT2D eigenvalue weighted by Crippen LogP contribution is 2.26. The van der Waals surface area contributed by atoms with Crippen molar-refractivity contribution in [1.82, 2.24) is 0 Å². The van der Waals surface area contributed by atoms with E-state index in [0.29, 0.717) is 12.1 Å². The summed E-state index contributed by atoms with van der Waals surface area (Å²) in [4.78, 5) is 69.2. The highest BCUT2D eigenvalue weighted by Gasteiger charge is 2.21. The smallest absolute Gasteiger partial charge is 0.353 e. The Kier molecular flexibility index (Phi) is 4.48. The van der Waals surface area contributed by atoms with Gasteiger partial charge in [0.05, 0.1) is 9.85 Å². The minimum atomic E-state index is -1.63. The minimum absolute atomic E-state index is 0.514. The zero-order chi connectivity index (χ0) is 21.5. The highest BCUT2D eigenvalue weighted by atomic mass is 16.6. The summed E-state index contributed by atoms with van der Waals surface area (Å²) >= 11 is 0. The SMILES string of the molecule is O=c1oc(=O)c2cccc(c2[N+](=O)[O-])c(=O)oc(=O)c2cc([N+](=O)[O-])cc1c2O. The van der Waals surface area contributed by atoms with Gasteiger partial charge in [0, 0.05) is 12.1 Å². The van der Waals surface area contributed by atoms with E-state index in [4.69, 9.17) is 0 Å².